The summed E-state index contributed by atoms with van der Waals surface area (Å²) < 4.78 is 4.87. The molecule has 0 unspecified atom stereocenters. The van der Waals surface area contributed by atoms with E-state index in [-0.39, 0.29) is 5.91 Å². The average Bonchev–Trinajstić information content (AvgIpc) is 2.71. The molecule has 138 valence electrons. The second-order valence-electron chi connectivity index (χ2n) is 6.20. The first-order chi connectivity index (χ1) is 13.1. The lowest BCUT2D eigenvalue weighted by atomic mass is 9.94. The van der Waals surface area contributed by atoms with E-state index in [1.54, 1.807) is 36.1 Å². The van der Waals surface area contributed by atoms with Crippen LogP contribution in [0.15, 0.2) is 53.7 Å². The predicted molar refractivity (Wildman–Crippen MR) is 102 cm³/mol. The lowest BCUT2D eigenvalue weighted by Gasteiger charge is -2.29. The van der Waals surface area contributed by atoms with Gasteiger partial charge >= 0.3 is 5.97 Å². The molecule has 0 spiro atoms. The molecule has 2 aromatic carbocycles. The van der Waals surface area contributed by atoms with E-state index in [4.69, 9.17) is 4.74 Å². The van der Waals surface area contributed by atoms with Crippen LogP contribution in [0, 0.1) is 4.91 Å². The zero-order chi connectivity index (χ0) is 19.2. The molecule has 2 aromatic rings. The molecule has 0 N–H and O–H groups in total. The highest BCUT2D eigenvalue weighted by Crippen LogP contribution is 2.31. The zero-order valence-corrected chi connectivity index (χ0v) is 15.1. The largest absolute Gasteiger partial charge is 0.463 e. The van der Waals surface area contributed by atoms with Crippen molar-refractivity contribution in [3.05, 3.63) is 75.7 Å². The van der Waals surface area contributed by atoms with Crippen molar-refractivity contribution in [3.63, 3.8) is 0 Å². The molecule has 6 heteroatoms. The second-order valence-corrected chi connectivity index (χ2v) is 6.20. The Morgan fingerprint density at radius 1 is 1.22 bits per heavy atom. The van der Waals surface area contributed by atoms with Crippen LogP contribution in [0.5, 0.6) is 0 Å². The molecule has 0 fully saturated rings. The first-order valence-electron chi connectivity index (χ1n) is 8.80. The maximum absolute atomic E-state index is 12.7. The Balaban J connectivity index is 1.86. The molecule has 0 radical (unpaired) electrons. The molecule has 3 rings (SSSR count). The Morgan fingerprint density at radius 3 is 2.70 bits per heavy atom. The summed E-state index contributed by atoms with van der Waals surface area (Å²) in [5.74, 6) is -0.494. The smallest absolute Gasteiger partial charge is 0.330 e. The molecule has 1 aliphatic rings. The lowest BCUT2D eigenvalue weighted by Crippen LogP contribution is -2.36. The van der Waals surface area contributed by atoms with E-state index in [0.29, 0.717) is 42.9 Å². The summed E-state index contributed by atoms with van der Waals surface area (Å²) in [6.07, 6.45) is 3.47. The minimum absolute atomic E-state index is 0.0469. The van der Waals surface area contributed by atoms with Crippen molar-refractivity contribution in [2.75, 3.05) is 13.2 Å². The minimum atomic E-state index is -0.447. The molecule has 6 nitrogen and oxygen atoms in total. The lowest BCUT2D eigenvalue weighted by molar-refractivity contribution is -0.137. The van der Waals surface area contributed by atoms with Crippen molar-refractivity contribution < 1.29 is 14.3 Å². The van der Waals surface area contributed by atoms with E-state index in [1.807, 2.05) is 24.3 Å². The van der Waals surface area contributed by atoms with E-state index in [2.05, 4.69) is 5.18 Å². The van der Waals surface area contributed by atoms with E-state index in [9.17, 15) is 14.5 Å². The number of hydrogen-bond acceptors (Lipinski definition) is 5. The van der Waals surface area contributed by atoms with Crippen LogP contribution in [-0.2, 0) is 22.5 Å². The molecule has 1 amide bonds. The molecule has 0 aliphatic carbocycles. The number of benzene rings is 2. The number of rotatable bonds is 5. The van der Waals surface area contributed by atoms with Crippen LogP contribution in [0.4, 0.5) is 5.69 Å². The third-order valence-corrected chi connectivity index (χ3v) is 4.44. The second kappa shape index (κ2) is 8.40. The minimum Gasteiger partial charge on any atom is -0.463 e. The Morgan fingerprint density at radius 2 is 2.00 bits per heavy atom. The molecule has 1 aliphatic heterocycles. The topological polar surface area (TPSA) is 76.0 Å². The highest BCUT2D eigenvalue weighted by atomic mass is 16.5. The third kappa shape index (κ3) is 4.28. The molecule has 0 saturated heterocycles. The van der Waals surface area contributed by atoms with Gasteiger partial charge in [-0.1, -0.05) is 18.2 Å². The molecule has 0 aromatic heterocycles. The van der Waals surface area contributed by atoms with E-state index >= 15 is 0 Å². The van der Waals surface area contributed by atoms with Gasteiger partial charge in [-0.3, -0.25) is 4.79 Å². The summed E-state index contributed by atoms with van der Waals surface area (Å²) in [7, 11) is 0. The molecule has 1 heterocycles. The summed E-state index contributed by atoms with van der Waals surface area (Å²) in [6, 6.07) is 12.6. The van der Waals surface area contributed by atoms with Crippen molar-refractivity contribution in [3.8, 4) is 0 Å². The number of carbonyl (C=O) groups excluding carboxylic acids is 2. The molecule has 27 heavy (non-hydrogen) atoms. The van der Waals surface area contributed by atoms with Gasteiger partial charge in [0.25, 0.3) is 5.91 Å². The number of carbonyl (C=O) groups is 2. The average molecular weight is 364 g/mol. The van der Waals surface area contributed by atoms with Crippen molar-refractivity contribution in [1.82, 2.24) is 4.90 Å². The summed E-state index contributed by atoms with van der Waals surface area (Å²) >= 11 is 0. The van der Waals surface area contributed by atoms with Crippen molar-refractivity contribution in [1.29, 1.82) is 0 Å². The molecular formula is C21H20N2O4. The quantitative estimate of drug-likeness (QED) is 0.459. The number of nitrogens with zero attached hydrogens (tertiary/aromatic N) is 2. The van der Waals surface area contributed by atoms with Crippen LogP contribution < -0.4 is 0 Å². The first-order valence-corrected chi connectivity index (χ1v) is 8.80. The summed E-state index contributed by atoms with van der Waals surface area (Å²) in [6.45, 7) is 2.95. The van der Waals surface area contributed by atoms with Gasteiger partial charge in [-0.25, -0.2) is 4.79 Å². The highest BCUT2D eigenvalue weighted by Gasteiger charge is 2.24. The van der Waals surface area contributed by atoms with Crippen molar-refractivity contribution >= 4 is 23.6 Å². The fourth-order valence-electron chi connectivity index (χ4n) is 3.17. The van der Waals surface area contributed by atoms with Gasteiger partial charge in [-0.05, 0) is 65.6 Å². The van der Waals surface area contributed by atoms with Gasteiger partial charge in [0.05, 0.1) is 6.61 Å². The van der Waals surface area contributed by atoms with E-state index in [1.165, 1.54) is 6.08 Å². The molecule has 0 saturated carbocycles. The Kier molecular flexibility index (Phi) is 5.76. The van der Waals surface area contributed by atoms with Gasteiger partial charge in [-0.15, -0.1) is 4.91 Å². The van der Waals surface area contributed by atoms with E-state index in [0.717, 1.165) is 11.1 Å². The third-order valence-electron chi connectivity index (χ3n) is 4.44. The standard InChI is InChI=1S/C21H20N2O4/c1-2-27-20(24)9-8-15-12-17-14-23(11-10-18(17)19(13-15)22-26)21(25)16-6-4-3-5-7-16/h3-9,12-13H,2,10-11,14H2,1H3/b9-8+. The Labute approximate surface area is 157 Å². The maximum atomic E-state index is 12.7. The van der Waals surface area contributed by atoms with E-state index < -0.39 is 5.97 Å². The van der Waals surface area contributed by atoms with Crippen molar-refractivity contribution in [2.24, 2.45) is 5.18 Å². The normalized spacial score (nSPS) is 13.3. The fourth-order valence-corrected chi connectivity index (χ4v) is 3.17. The summed E-state index contributed by atoms with van der Waals surface area (Å²) in [4.78, 5) is 37.2. The van der Waals surface area contributed by atoms with Gasteiger partial charge in [0, 0.05) is 24.7 Å². The van der Waals surface area contributed by atoms with Gasteiger partial charge in [-0.2, -0.15) is 0 Å². The SMILES string of the molecule is CCOC(=O)/C=C/c1cc2c(c(N=O)c1)CCN(C(=O)c1ccccc1)C2. The molecular weight excluding hydrogens is 344 g/mol. The van der Waals surface area contributed by atoms with Crippen LogP contribution in [-0.4, -0.2) is 29.9 Å². The highest BCUT2D eigenvalue weighted by molar-refractivity contribution is 5.94. The molecule has 0 bridgehead atoms. The van der Waals surface area contributed by atoms with Gasteiger partial charge < -0.3 is 9.64 Å². The number of fused-ring (bicyclic) bond motifs is 1. The van der Waals surface area contributed by atoms with Gasteiger partial charge in [0.2, 0.25) is 0 Å². The Hall–Kier alpha value is -3.28. The maximum Gasteiger partial charge on any atom is 0.330 e. The number of hydrogen-bond donors (Lipinski definition) is 0. The van der Waals surface area contributed by atoms with Gasteiger partial charge in [0.1, 0.15) is 5.69 Å². The molecule has 0 atom stereocenters. The summed E-state index contributed by atoms with van der Waals surface area (Å²) in [5.41, 5.74) is 3.38. The number of amides is 1. The van der Waals surface area contributed by atoms with Crippen LogP contribution in [0.1, 0.15) is 34.0 Å². The monoisotopic (exact) mass is 364 g/mol. The fraction of sp³-hybridized carbons (Fsp3) is 0.238. The summed E-state index contributed by atoms with van der Waals surface area (Å²) in [5, 5.41) is 3.13. The number of nitroso groups, excluding NO2 is 1. The van der Waals surface area contributed by atoms with Crippen LogP contribution in [0.2, 0.25) is 0 Å². The number of esters is 1. The predicted octanol–water partition coefficient (Wildman–Crippen LogP) is 3.86. The van der Waals surface area contributed by atoms with Crippen molar-refractivity contribution in [2.45, 2.75) is 19.9 Å². The first kappa shape index (κ1) is 18.5. The van der Waals surface area contributed by atoms with Crippen LogP contribution in [0.3, 0.4) is 0 Å². The van der Waals surface area contributed by atoms with Crippen LogP contribution in [0.25, 0.3) is 6.08 Å². The van der Waals surface area contributed by atoms with Gasteiger partial charge in [0.15, 0.2) is 0 Å². The van der Waals surface area contributed by atoms with Crippen LogP contribution >= 0.6 is 0 Å². The Bertz CT molecular complexity index is 891. The zero-order valence-electron chi connectivity index (χ0n) is 15.1. The number of ether oxygens (including phenoxy) is 1.